The number of carbonyl (C=O) groups excluding carboxylic acids is 1. The number of hydrogen-bond donors (Lipinski definition) is 1. The Balaban J connectivity index is 2.15. The van der Waals surface area contributed by atoms with Gasteiger partial charge in [0.05, 0.1) is 17.9 Å². The number of esters is 1. The van der Waals surface area contributed by atoms with Crippen LogP contribution in [0.5, 0.6) is 5.75 Å². The van der Waals surface area contributed by atoms with Gasteiger partial charge in [-0.25, -0.2) is 13.1 Å². The van der Waals surface area contributed by atoms with Gasteiger partial charge in [0.1, 0.15) is 11.4 Å². The Kier molecular flexibility index (Phi) is 6.11. The van der Waals surface area contributed by atoms with E-state index in [9.17, 15) is 13.2 Å². The molecule has 0 radical (unpaired) electrons. The van der Waals surface area contributed by atoms with Crippen molar-refractivity contribution in [3.8, 4) is 5.75 Å². The Labute approximate surface area is 150 Å². The van der Waals surface area contributed by atoms with E-state index in [4.69, 9.17) is 9.47 Å². The summed E-state index contributed by atoms with van der Waals surface area (Å²) in [5.41, 5.74) is -0.589. The van der Waals surface area contributed by atoms with Gasteiger partial charge in [-0.3, -0.25) is 4.79 Å². The highest BCUT2D eigenvalue weighted by Gasteiger charge is 2.36. The topological polar surface area (TPSA) is 81.7 Å². The lowest BCUT2D eigenvalue weighted by atomic mass is 9.85. The van der Waals surface area contributed by atoms with E-state index in [0.717, 1.165) is 12.8 Å². The van der Waals surface area contributed by atoms with Crippen molar-refractivity contribution >= 4 is 16.0 Å². The maximum atomic E-state index is 12.6. The van der Waals surface area contributed by atoms with Gasteiger partial charge in [-0.2, -0.15) is 0 Å². The fourth-order valence-corrected chi connectivity index (χ4v) is 4.26. The van der Waals surface area contributed by atoms with Crippen LogP contribution in [0.2, 0.25) is 0 Å². The van der Waals surface area contributed by atoms with Crippen molar-refractivity contribution in [2.45, 2.75) is 63.0 Å². The molecule has 0 heterocycles. The van der Waals surface area contributed by atoms with Crippen LogP contribution in [0.25, 0.3) is 0 Å². The monoisotopic (exact) mass is 369 g/mol. The van der Waals surface area contributed by atoms with Crippen molar-refractivity contribution in [2.24, 2.45) is 5.92 Å². The van der Waals surface area contributed by atoms with Crippen LogP contribution in [-0.4, -0.2) is 33.1 Å². The maximum Gasteiger partial charge on any atom is 0.311 e. The van der Waals surface area contributed by atoms with Crippen LogP contribution in [0.15, 0.2) is 29.2 Å². The average Bonchev–Trinajstić information content (AvgIpc) is 2.53. The molecule has 0 amide bonds. The van der Waals surface area contributed by atoms with Crippen molar-refractivity contribution in [3.05, 3.63) is 24.3 Å². The molecule has 1 fully saturated rings. The summed E-state index contributed by atoms with van der Waals surface area (Å²) in [5.74, 6) is -0.209. The predicted octanol–water partition coefficient (Wildman–Crippen LogP) is 2.87. The van der Waals surface area contributed by atoms with Crippen LogP contribution in [0, 0.1) is 5.92 Å². The molecule has 2 rings (SSSR count). The standard InChI is InChI=1S/C18H27NO5S/c1-18(2,3)24-17(20)15-7-5-6-8-16(15)19-25(21,22)14-11-9-13(23-4)10-12-14/h9-12,15-16,19H,5-8H2,1-4H3. The third-order valence-electron chi connectivity index (χ3n) is 4.15. The predicted molar refractivity (Wildman–Crippen MR) is 94.9 cm³/mol. The van der Waals surface area contributed by atoms with Gasteiger partial charge in [0.25, 0.3) is 0 Å². The molecule has 2 unspecified atom stereocenters. The molecule has 1 aromatic rings. The van der Waals surface area contributed by atoms with Crippen LogP contribution in [0.3, 0.4) is 0 Å². The van der Waals surface area contributed by atoms with Crippen molar-refractivity contribution in [1.82, 2.24) is 4.72 Å². The number of methoxy groups -OCH3 is 1. The summed E-state index contributed by atoms with van der Waals surface area (Å²) in [5, 5.41) is 0. The van der Waals surface area contributed by atoms with Crippen molar-refractivity contribution < 1.29 is 22.7 Å². The Bertz CT molecular complexity index is 691. The third-order valence-corrected chi connectivity index (χ3v) is 5.66. The Morgan fingerprint density at radius 1 is 1.12 bits per heavy atom. The zero-order valence-corrected chi connectivity index (χ0v) is 16.1. The molecule has 0 bridgehead atoms. The first-order valence-electron chi connectivity index (χ1n) is 8.51. The molecule has 1 aromatic carbocycles. The van der Waals surface area contributed by atoms with Gasteiger partial charge in [0.15, 0.2) is 0 Å². The van der Waals surface area contributed by atoms with Gasteiger partial charge >= 0.3 is 5.97 Å². The molecular formula is C18H27NO5S. The zero-order chi connectivity index (χ0) is 18.7. The van der Waals surface area contributed by atoms with Crippen LogP contribution >= 0.6 is 0 Å². The lowest BCUT2D eigenvalue weighted by molar-refractivity contribution is -0.161. The minimum absolute atomic E-state index is 0.154. The summed E-state index contributed by atoms with van der Waals surface area (Å²) in [4.78, 5) is 12.6. The molecule has 0 saturated heterocycles. The Hall–Kier alpha value is -1.60. The van der Waals surface area contributed by atoms with Crippen LogP contribution in [0.4, 0.5) is 0 Å². The van der Waals surface area contributed by atoms with E-state index in [1.165, 1.54) is 19.2 Å². The molecule has 1 aliphatic carbocycles. The Morgan fingerprint density at radius 2 is 1.72 bits per heavy atom. The average molecular weight is 369 g/mol. The molecule has 1 N–H and O–H groups in total. The quantitative estimate of drug-likeness (QED) is 0.807. The summed E-state index contributed by atoms with van der Waals surface area (Å²) >= 11 is 0. The molecule has 0 aliphatic heterocycles. The van der Waals surface area contributed by atoms with E-state index in [0.29, 0.717) is 18.6 Å². The largest absolute Gasteiger partial charge is 0.497 e. The van der Waals surface area contributed by atoms with Crippen molar-refractivity contribution in [1.29, 1.82) is 0 Å². The van der Waals surface area contributed by atoms with Crippen LogP contribution in [-0.2, 0) is 19.6 Å². The van der Waals surface area contributed by atoms with Gasteiger partial charge in [-0.15, -0.1) is 0 Å². The molecule has 140 valence electrons. The molecular weight excluding hydrogens is 342 g/mol. The van der Waals surface area contributed by atoms with Crippen LogP contribution in [0.1, 0.15) is 46.5 Å². The van der Waals surface area contributed by atoms with E-state index >= 15 is 0 Å². The fraction of sp³-hybridized carbons (Fsp3) is 0.611. The summed E-state index contributed by atoms with van der Waals surface area (Å²) in [6.45, 7) is 5.43. The lowest BCUT2D eigenvalue weighted by Gasteiger charge is -2.32. The second kappa shape index (κ2) is 7.74. The van der Waals surface area contributed by atoms with Gasteiger partial charge in [-0.1, -0.05) is 12.8 Å². The minimum Gasteiger partial charge on any atom is -0.497 e. The number of carbonyl (C=O) groups is 1. The SMILES string of the molecule is COc1ccc(S(=O)(=O)NC2CCCCC2C(=O)OC(C)(C)C)cc1. The molecule has 6 nitrogen and oxygen atoms in total. The zero-order valence-electron chi connectivity index (χ0n) is 15.2. The van der Waals surface area contributed by atoms with Gasteiger partial charge in [-0.05, 0) is 57.9 Å². The number of sulfonamides is 1. The molecule has 25 heavy (non-hydrogen) atoms. The van der Waals surface area contributed by atoms with Crippen LogP contribution < -0.4 is 9.46 Å². The maximum absolute atomic E-state index is 12.6. The van der Waals surface area contributed by atoms with E-state index in [1.807, 2.05) is 20.8 Å². The first kappa shape index (κ1) is 19.7. The van der Waals surface area contributed by atoms with Gasteiger partial charge in [0.2, 0.25) is 10.0 Å². The summed E-state index contributed by atoms with van der Waals surface area (Å²) < 4.78 is 38.5. The lowest BCUT2D eigenvalue weighted by Crippen LogP contribution is -2.46. The molecule has 0 aromatic heterocycles. The molecule has 7 heteroatoms. The van der Waals surface area contributed by atoms with E-state index in [-0.39, 0.29) is 10.9 Å². The summed E-state index contributed by atoms with van der Waals surface area (Å²) in [6, 6.07) is 5.73. The van der Waals surface area contributed by atoms with E-state index in [2.05, 4.69) is 4.72 Å². The fourth-order valence-electron chi connectivity index (χ4n) is 2.95. The van der Waals surface area contributed by atoms with Gasteiger partial charge < -0.3 is 9.47 Å². The van der Waals surface area contributed by atoms with Gasteiger partial charge in [0, 0.05) is 6.04 Å². The molecule has 1 aliphatic rings. The second-order valence-electron chi connectivity index (χ2n) is 7.33. The number of rotatable bonds is 5. The van der Waals surface area contributed by atoms with Crippen molar-refractivity contribution in [3.63, 3.8) is 0 Å². The highest BCUT2D eigenvalue weighted by Crippen LogP contribution is 2.28. The number of hydrogen-bond acceptors (Lipinski definition) is 5. The normalized spacial score (nSPS) is 21.6. The number of benzene rings is 1. The highest BCUT2D eigenvalue weighted by molar-refractivity contribution is 7.89. The molecule has 1 saturated carbocycles. The molecule has 2 atom stereocenters. The van der Waals surface area contributed by atoms with Crippen molar-refractivity contribution in [2.75, 3.05) is 7.11 Å². The third kappa shape index (κ3) is 5.44. The summed E-state index contributed by atoms with van der Waals surface area (Å²) in [7, 11) is -2.19. The minimum atomic E-state index is -3.71. The number of ether oxygens (including phenoxy) is 2. The van der Waals surface area contributed by atoms with E-state index < -0.39 is 27.6 Å². The highest BCUT2D eigenvalue weighted by atomic mass is 32.2. The summed E-state index contributed by atoms with van der Waals surface area (Å²) in [6.07, 6.45) is 3.03. The number of nitrogens with one attached hydrogen (secondary N) is 1. The Morgan fingerprint density at radius 3 is 2.28 bits per heavy atom. The smallest absolute Gasteiger partial charge is 0.311 e. The molecule has 0 spiro atoms. The first-order chi connectivity index (χ1) is 11.6. The first-order valence-corrected chi connectivity index (χ1v) is 10.00. The van der Waals surface area contributed by atoms with E-state index in [1.54, 1.807) is 12.1 Å². The second-order valence-corrected chi connectivity index (χ2v) is 9.04.